The van der Waals surface area contributed by atoms with Crippen molar-refractivity contribution in [2.24, 2.45) is 0 Å². The van der Waals surface area contributed by atoms with Gasteiger partial charge in [-0.15, -0.1) is 0 Å². The number of aromatic nitrogens is 1. The quantitative estimate of drug-likeness (QED) is 0.680. The van der Waals surface area contributed by atoms with Crippen LogP contribution in [-0.2, 0) is 19.1 Å². The summed E-state index contributed by atoms with van der Waals surface area (Å²) in [5, 5.41) is 10.1. The second-order valence-corrected chi connectivity index (χ2v) is 7.59. The number of halogens is 1. The lowest BCUT2D eigenvalue weighted by molar-refractivity contribution is -0.152. The van der Waals surface area contributed by atoms with E-state index in [0.29, 0.717) is 27.5 Å². The summed E-state index contributed by atoms with van der Waals surface area (Å²) >= 11 is 6.25. The van der Waals surface area contributed by atoms with Gasteiger partial charge in [0.2, 0.25) is 5.91 Å². The molecule has 1 amide bonds. The first-order valence-electron chi connectivity index (χ1n) is 9.29. The van der Waals surface area contributed by atoms with Gasteiger partial charge < -0.3 is 23.9 Å². The highest BCUT2D eigenvalue weighted by Crippen LogP contribution is 2.40. The van der Waals surface area contributed by atoms with Crippen LogP contribution in [0, 0.1) is 0 Å². The summed E-state index contributed by atoms with van der Waals surface area (Å²) in [6, 6.07) is 4.20. The van der Waals surface area contributed by atoms with Gasteiger partial charge in [-0.1, -0.05) is 11.6 Å². The maximum absolute atomic E-state index is 13.0. The molecule has 1 aliphatic rings. The summed E-state index contributed by atoms with van der Waals surface area (Å²) in [7, 11) is 3.00. The zero-order valence-corrected chi connectivity index (χ0v) is 17.7. The van der Waals surface area contributed by atoms with E-state index < -0.39 is 23.5 Å². The zero-order chi connectivity index (χ0) is 21.9. The zero-order valence-electron chi connectivity index (χ0n) is 16.9. The summed E-state index contributed by atoms with van der Waals surface area (Å²) in [5.41, 5.74) is 0.951. The third-order valence-corrected chi connectivity index (χ3v) is 5.50. The molecule has 2 atom stereocenters. The van der Waals surface area contributed by atoms with Gasteiger partial charge in [0, 0.05) is 43.9 Å². The number of ether oxygens (including phenoxy) is 2. The molecule has 1 aliphatic heterocycles. The van der Waals surface area contributed by atoms with Gasteiger partial charge in [-0.3, -0.25) is 4.79 Å². The number of benzene rings is 1. The number of hydrogen-bond acceptors (Lipinski definition) is 6. The van der Waals surface area contributed by atoms with E-state index in [2.05, 4.69) is 4.98 Å². The number of rotatable bonds is 8. The van der Waals surface area contributed by atoms with Crippen LogP contribution in [0.3, 0.4) is 0 Å². The molecule has 8 nitrogen and oxygen atoms in total. The first-order valence-corrected chi connectivity index (χ1v) is 9.67. The molecule has 1 aromatic heterocycles. The van der Waals surface area contributed by atoms with E-state index >= 15 is 0 Å². The van der Waals surface area contributed by atoms with Crippen molar-refractivity contribution in [3.63, 3.8) is 0 Å². The first kappa shape index (κ1) is 22.0. The first-order chi connectivity index (χ1) is 14.3. The molecule has 1 aromatic carbocycles. The number of methoxy groups -OCH3 is 2. The van der Waals surface area contributed by atoms with Crippen LogP contribution in [0.4, 0.5) is 0 Å². The van der Waals surface area contributed by atoms with E-state index in [-0.39, 0.29) is 19.6 Å². The van der Waals surface area contributed by atoms with Crippen molar-refractivity contribution in [3.8, 4) is 11.3 Å². The molecule has 2 heterocycles. The number of carbonyl (C=O) groups excluding carboxylic acids is 1. The Bertz CT molecular complexity index is 958. The fraction of sp³-hybridized carbons (Fsp3) is 0.381. The standard InChI is InChI=1S/C21H23ClN2O6/c1-21(29-3)11-24(17(20(26)27)6-7-28-2)19(25)9-16(21)15-8-13(22)4-5-14(15)18-10-23-12-30-18/h4-5,8-10,12,17H,6-7,11H2,1-3H3,(H,26,27). The molecule has 30 heavy (non-hydrogen) atoms. The molecule has 0 fully saturated rings. The Hall–Kier alpha value is -2.68. The summed E-state index contributed by atoms with van der Waals surface area (Å²) in [6.07, 6.45) is 4.46. The predicted molar refractivity (Wildman–Crippen MR) is 110 cm³/mol. The van der Waals surface area contributed by atoms with Gasteiger partial charge in [0.05, 0.1) is 12.7 Å². The molecule has 0 radical (unpaired) electrons. The average molecular weight is 435 g/mol. The molecular formula is C21H23ClN2O6. The normalized spacial score (nSPS) is 20.2. The van der Waals surface area contributed by atoms with Gasteiger partial charge in [-0.05, 0) is 36.3 Å². The number of carbonyl (C=O) groups is 2. The lowest BCUT2D eigenvalue weighted by Crippen LogP contribution is -2.55. The second kappa shape index (κ2) is 8.99. The summed E-state index contributed by atoms with van der Waals surface area (Å²) in [4.78, 5) is 30.1. The molecule has 160 valence electrons. The van der Waals surface area contributed by atoms with Gasteiger partial charge in [-0.2, -0.15) is 0 Å². The fourth-order valence-corrected chi connectivity index (χ4v) is 3.77. The Balaban J connectivity index is 2.09. The van der Waals surface area contributed by atoms with Gasteiger partial charge in [0.15, 0.2) is 12.2 Å². The maximum Gasteiger partial charge on any atom is 0.326 e. The minimum atomic E-state index is -1.10. The molecule has 0 aliphatic carbocycles. The van der Waals surface area contributed by atoms with Crippen molar-refractivity contribution in [3.05, 3.63) is 47.5 Å². The summed E-state index contributed by atoms with van der Waals surface area (Å²) in [6.45, 7) is 2.07. The average Bonchev–Trinajstić information content (AvgIpc) is 3.25. The van der Waals surface area contributed by atoms with E-state index in [1.165, 1.54) is 31.6 Å². The summed E-state index contributed by atoms with van der Waals surface area (Å²) < 4.78 is 16.2. The molecule has 9 heteroatoms. The number of aliphatic carboxylic acids is 1. The second-order valence-electron chi connectivity index (χ2n) is 7.15. The number of carboxylic acid groups (broad SMARTS) is 1. The Morgan fingerprint density at radius 2 is 2.17 bits per heavy atom. The lowest BCUT2D eigenvalue weighted by atomic mass is 9.82. The van der Waals surface area contributed by atoms with Crippen LogP contribution < -0.4 is 0 Å². The van der Waals surface area contributed by atoms with Crippen LogP contribution in [0.15, 0.2) is 41.3 Å². The smallest absolute Gasteiger partial charge is 0.326 e. The monoisotopic (exact) mass is 434 g/mol. The van der Waals surface area contributed by atoms with Crippen molar-refractivity contribution in [2.75, 3.05) is 27.4 Å². The molecular weight excluding hydrogens is 412 g/mol. The number of amides is 1. The molecule has 0 spiro atoms. The topological polar surface area (TPSA) is 102 Å². The van der Waals surface area contributed by atoms with E-state index in [0.717, 1.165) is 0 Å². The lowest BCUT2D eigenvalue weighted by Gasteiger charge is -2.42. The van der Waals surface area contributed by atoms with Crippen molar-refractivity contribution in [2.45, 2.75) is 25.0 Å². The minimum Gasteiger partial charge on any atom is -0.480 e. The highest BCUT2D eigenvalue weighted by Gasteiger charge is 2.43. The van der Waals surface area contributed by atoms with Crippen LogP contribution >= 0.6 is 11.6 Å². The van der Waals surface area contributed by atoms with E-state index in [1.807, 2.05) is 0 Å². The van der Waals surface area contributed by atoms with Crippen LogP contribution in [0.1, 0.15) is 18.9 Å². The van der Waals surface area contributed by atoms with Gasteiger partial charge in [0.25, 0.3) is 0 Å². The Kier molecular flexibility index (Phi) is 6.60. The molecule has 0 bridgehead atoms. The number of hydrogen-bond donors (Lipinski definition) is 1. The summed E-state index contributed by atoms with van der Waals surface area (Å²) in [5.74, 6) is -1.01. The van der Waals surface area contributed by atoms with Gasteiger partial charge >= 0.3 is 5.97 Å². The molecule has 2 unspecified atom stereocenters. The van der Waals surface area contributed by atoms with Crippen molar-refractivity contribution in [1.82, 2.24) is 9.88 Å². The SMILES string of the molecule is COCCC(C(=O)O)N1CC(C)(OC)C(c2cc(Cl)ccc2-c2cnco2)=CC1=O. The third-order valence-electron chi connectivity index (χ3n) is 5.27. The largest absolute Gasteiger partial charge is 0.480 e. The van der Waals surface area contributed by atoms with Crippen LogP contribution in [-0.4, -0.2) is 65.9 Å². The van der Waals surface area contributed by atoms with Gasteiger partial charge in [0.1, 0.15) is 11.6 Å². The molecule has 0 saturated heterocycles. The molecule has 1 N–H and O–H groups in total. The Morgan fingerprint density at radius 1 is 1.40 bits per heavy atom. The number of oxazole rings is 1. The van der Waals surface area contributed by atoms with Gasteiger partial charge in [-0.25, -0.2) is 9.78 Å². The van der Waals surface area contributed by atoms with E-state index in [4.69, 9.17) is 25.5 Å². The molecule has 2 aromatic rings. The minimum absolute atomic E-state index is 0.0528. The van der Waals surface area contributed by atoms with E-state index in [1.54, 1.807) is 31.3 Å². The Morgan fingerprint density at radius 3 is 2.77 bits per heavy atom. The van der Waals surface area contributed by atoms with Crippen molar-refractivity contribution >= 4 is 29.1 Å². The fourth-order valence-electron chi connectivity index (χ4n) is 3.59. The maximum atomic E-state index is 13.0. The number of carboxylic acids is 1. The third kappa shape index (κ3) is 4.26. The number of nitrogens with zero attached hydrogens (tertiary/aromatic N) is 2. The van der Waals surface area contributed by atoms with Crippen molar-refractivity contribution in [1.29, 1.82) is 0 Å². The highest BCUT2D eigenvalue weighted by molar-refractivity contribution is 6.31. The predicted octanol–water partition coefficient (Wildman–Crippen LogP) is 3.12. The van der Waals surface area contributed by atoms with Crippen LogP contribution in [0.2, 0.25) is 5.02 Å². The van der Waals surface area contributed by atoms with Crippen LogP contribution in [0.5, 0.6) is 0 Å². The van der Waals surface area contributed by atoms with Crippen molar-refractivity contribution < 1.29 is 28.6 Å². The molecule has 0 saturated carbocycles. The van der Waals surface area contributed by atoms with Crippen LogP contribution in [0.25, 0.3) is 16.9 Å². The highest BCUT2D eigenvalue weighted by atomic mass is 35.5. The Labute approximate surface area is 179 Å². The van der Waals surface area contributed by atoms with E-state index in [9.17, 15) is 14.7 Å². The molecule has 3 rings (SSSR count).